The fraction of sp³-hybridized carbons (Fsp3) is 0.278. The Bertz CT molecular complexity index is 670. The summed E-state index contributed by atoms with van der Waals surface area (Å²) in [6.45, 7) is 4.02. The minimum absolute atomic E-state index is 0.0983. The van der Waals surface area contributed by atoms with Crippen molar-refractivity contribution in [2.75, 3.05) is 7.11 Å². The third-order valence-corrected chi connectivity index (χ3v) is 3.69. The van der Waals surface area contributed by atoms with E-state index in [4.69, 9.17) is 4.74 Å². The zero-order valence-electron chi connectivity index (χ0n) is 13.0. The number of amides is 1. The van der Waals surface area contributed by atoms with E-state index in [1.54, 1.807) is 6.07 Å². The van der Waals surface area contributed by atoms with Crippen LogP contribution in [0.2, 0.25) is 0 Å². The second kappa shape index (κ2) is 7.07. The van der Waals surface area contributed by atoms with Gasteiger partial charge in [-0.2, -0.15) is 0 Å². The monoisotopic (exact) mass is 301 g/mol. The number of hydrogen-bond acceptors (Lipinski definition) is 2. The van der Waals surface area contributed by atoms with Crippen LogP contribution in [0.15, 0.2) is 42.5 Å². The Morgan fingerprint density at radius 2 is 2.00 bits per heavy atom. The molecule has 2 rings (SSSR count). The summed E-state index contributed by atoms with van der Waals surface area (Å²) in [5, 5.41) is 2.96. The minimum Gasteiger partial charge on any atom is -0.494 e. The fourth-order valence-electron chi connectivity index (χ4n) is 2.43. The molecule has 0 saturated carbocycles. The van der Waals surface area contributed by atoms with Crippen molar-refractivity contribution in [1.82, 2.24) is 5.32 Å². The molecule has 0 radical (unpaired) electrons. The molecule has 22 heavy (non-hydrogen) atoms. The number of methoxy groups -OCH3 is 1. The van der Waals surface area contributed by atoms with Crippen LogP contribution in [-0.2, 0) is 0 Å². The minimum atomic E-state index is -0.543. The van der Waals surface area contributed by atoms with Gasteiger partial charge in [-0.25, -0.2) is 4.39 Å². The molecule has 0 bridgehead atoms. The topological polar surface area (TPSA) is 38.3 Å². The molecule has 1 N–H and O–H groups in total. The average Bonchev–Trinajstić information content (AvgIpc) is 2.53. The standard InChI is InChI=1S/C18H20FNO2/c1-4-16(14-8-6-5-7-12(14)2)20-18(21)13-9-10-17(22-3)15(19)11-13/h5-11,16H,4H2,1-3H3,(H,20,21). The maximum Gasteiger partial charge on any atom is 0.251 e. The summed E-state index contributed by atoms with van der Waals surface area (Å²) < 4.78 is 18.6. The Kier molecular flexibility index (Phi) is 5.15. The van der Waals surface area contributed by atoms with Gasteiger partial charge in [0, 0.05) is 5.56 Å². The maximum atomic E-state index is 13.7. The summed E-state index contributed by atoms with van der Waals surface area (Å²) in [6.07, 6.45) is 0.759. The molecular formula is C18H20FNO2. The molecule has 0 aliphatic rings. The third kappa shape index (κ3) is 3.45. The first kappa shape index (κ1) is 16.0. The molecule has 1 amide bonds. The van der Waals surface area contributed by atoms with Crippen molar-refractivity contribution >= 4 is 5.91 Å². The van der Waals surface area contributed by atoms with E-state index >= 15 is 0 Å². The van der Waals surface area contributed by atoms with E-state index in [0.29, 0.717) is 0 Å². The quantitative estimate of drug-likeness (QED) is 0.905. The van der Waals surface area contributed by atoms with E-state index in [1.807, 2.05) is 38.1 Å². The van der Waals surface area contributed by atoms with E-state index in [9.17, 15) is 9.18 Å². The van der Waals surface area contributed by atoms with Crippen LogP contribution in [0.1, 0.15) is 40.9 Å². The zero-order valence-corrected chi connectivity index (χ0v) is 13.0. The van der Waals surface area contributed by atoms with Crippen LogP contribution >= 0.6 is 0 Å². The van der Waals surface area contributed by atoms with Gasteiger partial charge in [0.05, 0.1) is 13.2 Å². The van der Waals surface area contributed by atoms with Gasteiger partial charge in [-0.1, -0.05) is 31.2 Å². The first-order valence-electron chi connectivity index (χ1n) is 7.26. The lowest BCUT2D eigenvalue weighted by Gasteiger charge is -2.19. The maximum absolute atomic E-state index is 13.7. The van der Waals surface area contributed by atoms with Crippen LogP contribution in [0.4, 0.5) is 4.39 Å². The number of aryl methyl sites for hydroxylation is 1. The molecule has 116 valence electrons. The Morgan fingerprint density at radius 1 is 1.27 bits per heavy atom. The lowest BCUT2D eigenvalue weighted by Crippen LogP contribution is -2.28. The van der Waals surface area contributed by atoms with Crippen molar-refractivity contribution in [2.24, 2.45) is 0 Å². The molecule has 0 aliphatic carbocycles. The molecule has 3 nitrogen and oxygen atoms in total. The van der Waals surface area contributed by atoms with Gasteiger partial charge in [-0.05, 0) is 42.7 Å². The molecule has 0 aromatic heterocycles. The van der Waals surface area contributed by atoms with Crippen molar-refractivity contribution in [1.29, 1.82) is 0 Å². The molecule has 0 spiro atoms. The van der Waals surface area contributed by atoms with Gasteiger partial charge in [-0.3, -0.25) is 4.79 Å². The second-order valence-corrected chi connectivity index (χ2v) is 5.14. The Labute approximate surface area is 130 Å². The van der Waals surface area contributed by atoms with Gasteiger partial charge in [0.2, 0.25) is 0 Å². The van der Waals surface area contributed by atoms with Crippen LogP contribution in [0, 0.1) is 12.7 Å². The van der Waals surface area contributed by atoms with Crippen molar-refractivity contribution in [2.45, 2.75) is 26.3 Å². The number of rotatable bonds is 5. The molecule has 0 heterocycles. The van der Waals surface area contributed by atoms with Crippen LogP contribution in [0.3, 0.4) is 0 Å². The van der Waals surface area contributed by atoms with Crippen LogP contribution in [0.25, 0.3) is 0 Å². The Morgan fingerprint density at radius 3 is 2.59 bits per heavy atom. The molecule has 0 saturated heterocycles. The first-order valence-corrected chi connectivity index (χ1v) is 7.26. The Balaban J connectivity index is 2.19. The van der Waals surface area contributed by atoms with Gasteiger partial charge >= 0.3 is 0 Å². The lowest BCUT2D eigenvalue weighted by atomic mass is 9.99. The van der Waals surface area contributed by atoms with Gasteiger partial charge in [0.1, 0.15) is 0 Å². The summed E-state index contributed by atoms with van der Waals surface area (Å²) in [4.78, 5) is 12.3. The number of carbonyl (C=O) groups is 1. The van der Waals surface area contributed by atoms with Crippen LogP contribution in [0.5, 0.6) is 5.75 Å². The molecule has 0 fully saturated rings. The summed E-state index contributed by atoms with van der Waals surface area (Å²) in [5.41, 5.74) is 2.48. The zero-order chi connectivity index (χ0) is 16.1. The van der Waals surface area contributed by atoms with Gasteiger partial charge < -0.3 is 10.1 Å². The van der Waals surface area contributed by atoms with Gasteiger partial charge in [0.15, 0.2) is 11.6 Å². The number of benzene rings is 2. The molecule has 2 aromatic carbocycles. The summed E-state index contributed by atoms with van der Waals surface area (Å²) in [6, 6.07) is 12.0. The van der Waals surface area contributed by atoms with Crippen LogP contribution in [-0.4, -0.2) is 13.0 Å². The molecule has 1 unspecified atom stereocenters. The van der Waals surface area contributed by atoms with Gasteiger partial charge in [-0.15, -0.1) is 0 Å². The molecule has 1 atom stereocenters. The fourth-order valence-corrected chi connectivity index (χ4v) is 2.43. The predicted molar refractivity (Wildman–Crippen MR) is 84.6 cm³/mol. The highest BCUT2D eigenvalue weighted by Crippen LogP contribution is 2.22. The molecular weight excluding hydrogens is 281 g/mol. The smallest absolute Gasteiger partial charge is 0.251 e. The van der Waals surface area contributed by atoms with Crippen molar-refractivity contribution in [3.8, 4) is 5.75 Å². The van der Waals surface area contributed by atoms with E-state index < -0.39 is 5.82 Å². The van der Waals surface area contributed by atoms with Crippen molar-refractivity contribution < 1.29 is 13.9 Å². The largest absolute Gasteiger partial charge is 0.494 e. The van der Waals surface area contributed by atoms with Crippen molar-refractivity contribution in [3.63, 3.8) is 0 Å². The number of nitrogens with one attached hydrogen (secondary N) is 1. The predicted octanol–water partition coefficient (Wildman–Crippen LogP) is 4.02. The summed E-state index contributed by atoms with van der Waals surface area (Å²) in [5.74, 6) is -0.710. The van der Waals surface area contributed by atoms with E-state index in [0.717, 1.165) is 17.5 Å². The molecule has 4 heteroatoms. The highest BCUT2D eigenvalue weighted by atomic mass is 19.1. The van der Waals surface area contributed by atoms with Crippen LogP contribution < -0.4 is 10.1 Å². The molecule has 0 aliphatic heterocycles. The number of halogens is 1. The highest BCUT2D eigenvalue weighted by molar-refractivity contribution is 5.94. The normalized spacial score (nSPS) is 11.8. The number of ether oxygens (including phenoxy) is 1. The van der Waals surface area contributed by atoms with Crippen molar-refractivity contribution in [3.05, 3.63) is 65.0 Å². The number of carbonyl (C=O) groups excluding carboxylic acids is 1. The molecule has 2 aromatic rings. The average molecular weight is 301 g/mol. The number of hydrogen-bond donors (Lipinski definition) is 1. The van der Waals surface area contributed by atoms with Gasteiger partial charge in [0.25, 0.3) is 5.91 Å². The first-order chi connectivity index (χ1) is 10.6. The summed E-state index contributed by atoms with van der Waals surface area (Å²) in [7, 11) is 1.39. The van der Waals surface area contributed by atoms with E-state index in [-0.39, 0.29) is 23.3 Å². The second-order valence-electron chi connectivity index (χ2n) is 5.14. The van der Waals surface area contributed by atoms with E-state index in [1.165, 1.54) is 19.2 Å². The third-order valence-electron chi connectivity index (χ3n) is 3.69. The lowest BCUT2D eigenvalue weighted by molar-refractivity contribution is 0.0935. The summed E-state index contributed by atoms with van der Waals surface area (Å²) >= 11 is 0. The van der Waals surface area contributed by atoms with E-state index in [2.05, 4.69) is 5.32 Å². The SMILES string of the molecule is CCC(NC(=O)c1ccc(OC)c(F)c1)c1ccccc1C. The highest BCUT2D eigenvalue weighted by Gasteiger charge is 2.16. The Hall–Kier alpha value is -2.36.